The van der Waals surface area contributed by atoms with Gasteiger partial charge < -0.3 is 11.1 Å². The van der Waals surface area contributed by atoms with E-state index in [0.717, 1.165) is 0 Å². The first kappa shape index (κ1) is 13.6. The largest absolute Gasteiger partial charge is 0.396 e. The number of carbonyl (C=O) groups excluding carboxylic acids is 1. The molecule has 0 aliphatic carbocycles. The zero-order valence-corrected chi connectivity index (χ0v) is 11.3. The van der Waals surface area contributed by atoms with Gasteiger partial charge in [0.1, 0.15) is 0 Å². The van der Waals surface area contributed by atoms with Crippen molar-refractivity contribution in [2.45, 2.75) is 0 Å². The van der Waals surface area contributed by atoms with Crippen molar-refractivity contribution in [3.63, 3.8) is 0 Å². The molecule has 0 bridgehead atoms. The Bertz CT molecular complexity index is 633. The van der Waals surface area contributed by atoms with Crippen molar-refractivity contribution < 1.29 is 9.18 Å². The third-order valence-corrected chi connectivity index (χ3v) is 2.86. The molecule has 0 unspecified atom stereocenters. The number of aromatic nitrogens is 2. The maximum Gasteiger partial charge on any atom is 0.278 e. The molecule has 0 saturated carbocycles. The van der Waals surface area contributed by atoms with Gasteiger partial charge >= 0.3 is 0 Å². The molecule has 1 aromatic carbocycles. The highest BCUT2D eigenvalue weighted by molar-refractivity contribution is 6.35. The van der Waals surface area contributed by atoms with Crippen molar-refractivity contribution in [2.75, 3.05) is 11.1 Å². The fraction of sp³-hybridized carbons (Fsp3) is 0.0909. The Hall–Kier alpha value is -1.79. The summed E-state index contributed by atoms with van der Waals surface area (Å²) in [5.41, 5.74) is 6.18. The Morgan fingerprint density at radius 1 is 1.42 bits per heavy atom. The highest BCUT2D eigenvalue weighted by Gasteiger charge is 2.15. The second-order valence-electron chi connectivity index (χ2n) is 3.81. The molecular formula is C11H9Cl2FN4O. The average Bonchev–Trinajstić information content (AvgIpc) is 2.65. The number of halogens is 3. The van der Waals surface area contributed by atoms with E-state index in [1.54, 1.807) is 7.05 Å². The van der Waals surface area contributed by atoms with Crippen LogP contribution in [0.25, 0.3) is 0 Å². The lowest BCUT2D eigenvalue weighted by atomic mass is 10.3. The Balaban J connectivity index is 2.27. The van der Waals surface area contributed by atoms with Crippen LogP contribution in [0.5, 0.6) is 0 Å². The molecule has 8 heteroatoms. The van der Waals surface area contributed by atoms with Gasteiger partial charge in [0.05, 0.1) is 15.7 Å². The zero-order chi connectivity index (χ0) is 14.2. The maximum atomic E-state index is 13.2. The molecule has 0 radical (unpaired) electrons. The molecule has 2 aromatic rings. The second-order valence-corrected chi connectivity index (χ2v) is 4.63. The summed E-state index contributed by atoms with van der Waals surface area (Å²) >= 11 is 11.3. The summed E-state index contributed by atoms with van der Waals surface area (Å²) < 4.78 is 14.6. The van der Waals surface area contributed by atoms with Crippen LogP contribution in [0, 0.1) is 5.82 Å². The number of hydrogen-bond acceptors (Lipinski definition) is 3. The van der Waals surface area contributed by atoms with Crippen LogP contribution in [0.3, 0.4) is 0 Å². The average molecular weight is 303 g/mol. The van der Waals surface area contributed by atoms with Gasteiger partial charge in [-0.15, -0.1) is 0 Å². The zero-order valence-electron chi connectivity index (χ0n) is 9.75. The van der Waals surface area contributed by atoms with Gasteiger partial charge in [-0.3, -0.25) is 9.48 Å². The fourth-order valence-corrected chi connectivity index (χ4v) is 1.99. The second kappa shape index (κ2) is 5.07. The SMILES string of the molecule is Cn1cc(N)c(C(=O)Nc2cc(Cl)c(F)c(Cl)c2)n1. The number of rotatable bonds is 2. The highest BCUT2D eigenvalue weighted by Crippen LogP contribution is 2.27. The number of nitrogens with one attached hydrogen (secondary N) is 1. The van der Waals surface area contributed by atoms with Gasteiger partial charge in [0.2, 0.25) is 0 Å². The minimum Gasteiger partial charge on any atom is -0.396 e. The number of amides is 1. The lowest BCUT2D eigenvalue weighted by Crippen LogP contribution is -2.14. The molecule has 0 fully saturated rings. The normalized spacial score (nSPS) is 10.5. The molecule has 100 valence electrons. The van der Waals surface area contributed by atoms with Crippen molar-refractivity contribution >= 4 is 40.5 Å². The van der Waals surface area contributed by atoms with E-state index in [0.29, 0.717) is 0 Å². The van der Waals surface area contributed by atoms with Crippen LogP contribution >= 0.6 is 23.2 Å². The van der Waals surface area contributed by atoms with Crippen molar-refractivity contribution in [3.8, 4) is 0 Å². The van der Waals surface area contributed by atoms with Crippen LogP contribution in [0.4, 0.5) is 15.8 Å². The summed E-state index contributed by atoms with van der Waals surface area (Å²) in [6.45, 7) is 0. The van der Waals surface area contributed by atoms with Gasteiger partial charge in [-0.2, -0.15) is 5.10 Å². The maximum absolute atomic E-state index is 13.2. The summed E-state index contributed by atoms with van der Waals surface area (Å²) in [4.78, 5) is 11.9. The van der Waals surface area contributed by atoms with Crippen LogP contribution in [0.15, 0.2) is 18.3 Å². The first-order valence-electron chi connectivity index (χ1n) is 5.13. The van der Waals surface area contributed by atoms with Gasteiger partial charge in [0.15, 0.2) is 11.5 Å². The molecule has 19 heavy (non-hydrogen) atoms. The van der Waals surface area contributed by atoms with E-state index in [1.165, 1.54) is 23.0 Å². The number of anilines is 2. The van der Waals surface area contributed by atoms with Crippen molar-refractivity contribution in [2.24, 2.45) is 7.05 Å². The van der Waals surface area contributed by atoms with Gasteiger partial charge in [-0.05, 0) is 12.1 Å². The molecule has 1 heterocycles. The quantitative estimate of drug-likeness (QED) is 0.838. The Labute approximate surface area is 118 Å². The molecule has 1 aromatic heterocycles. The van der Waals surface area contributed by atoms with Gasteiger partial charge in [-0.1, -0.05) is 23.2 Å². The van der Waals surface area contributed by atoms with Crippen molar-refractivity contribution in [1.82, 2.24) is 9.78 Å². The van der Waals surface area contributed by atoms with E-state index in [2.05, 4.69) is 10.4 Å². The molecule has 0 saturated heterocycles. The van der Waals surface area contributed by atoms with Gasteiger partial charge in [0, 0.05) is 18.9 Å². The van der Waals surface area contributed by atoms with E-state index in [1.807, 2.05) is 0 Å². The van der Waals surface area contributed by atoms with Crippen LogP contribution in [-0.2, 0) is 7.05 Å². The molecule has 0 spiro atoms. The van der Waals surface area contributed by atoms with Crippen LogP contribution < -0.4 is 11.1 Å². The molecule has 1 amide bonds. The Kier molecular flexibility index (Phi) is 3.64. The Morgan fingerprint density at radius 3 is 2.47 bits per heavy atom. The van der Waals surface area contributed by atoms with E-state index in [4.69, 9.17) is 28.9 Å². The first-order valence-corrected chi connectivity index (χ1v) is 5.89. The monoisotopic (exact) mass is 302 g/mol. The van der Waals surface area contributed by atoms with E-state index >= 15 is 0 Å². The van der Waals surface area contributed by atoms with Gasteiger partial charge in [0.25, 0.3) is 5.91 Å². The van der Waals surface area contributed by atoms with Crippen molar-refractivity contribution in [3.05, 3.63) is 39.9 Å². The summed E-state index contributed by atoms with van der Waals surface area (Å²) in [6, 6.07) is 2.50. The van der Waals surface area contributed by atoms with Crippen LogP contribution in [0.2, 0.25) is 10.0 Å². The summed E-state index contributed by atoms with van der Waals surface area (Å²) in [5.74, 6) is -1.27. The molecule has 0 atom stereocenters. The number of carbonyl (C=O) groups is 1. The summed E-state index contributed by atoms with van der Waals surface area (Å²) in [6.07, 6.45) is 1.50. The van der Waals surface area contributed by atoms with E-state index in [9.17, 15) is 9.18 Å². The predicted octanol–water partition coefficient (Wildman–Crippen LogP) is 2.70. The number of aryl methyl sites for hydroxylation is 1. The molecular weight excluding hydrogens is 294 g/mol. The first-order chi connectivity index (χ1) is 8.88. The molecule has 5 nitrogen and oxygen atoms in total. The lowest BCUT2D eigenvalue weighted by Gasteiger charge is -2.06. The molecule has 2 rings (SSSR count). The molecule has 0 aliphatic rings. The van der Waals surface area contributed by atoms with E-state index < -0.39 is 11.7 Å². The summed E-state index contributed by atoms with van der Waals surface area (Å²) in [7, 11) is 1.64. The van der Waals surface area contributed by atoms with Crippen LogP contribution in [0.1, 0.15) is 10.5 Å². The van der Waals surface area contributed by atoms with Crippen LogP contribution in [-0.4, -0.2) is 15.7 Å². The number of nitrogen functional groups attached to an aromatic ring is 1. The van der Waals surface area contributed by atoms with Crippen molar-refractivity contribution in [1.29, 1.82) is 0 Å². The minimum absolute atomic E-state index is 0.0686. The lowest BCUT2D eigenvalue weighted by molar-refractivity contribution is 0.102. The minimum atomic E-state index is -0.737. The number of hydrogen-bond donors (Lipinski definition) is 2. The molecule has 0 aliphatic heterocycles. The Morgan fingerprint density at radius 2 is 2.00 bits per heavy atom. The third-order valence-electron chi connectivity index (χ3n) is 2.31. The summed E-state index contributed by atoms with van der Waals surface area (Å²) in [5, 5.41) is 6.03. The molecule has 3 N–H and O–H groups in total. The highest BCUT2D eigenvalue weighted by atomic mass is 35.5. The predicted molar refractivity (Wildman–Crippen MR) is 72.0 cm³/mol. The fourth-order valence-electron chi connectivity index (χ4n) is 1.50. The number of benzene rings is 1. The topological polar surface area (TPSA) is 72.9 Å². The standard InChI is InChI=1S/C11H9Cl2FN4O/c1-18-4-8(15)10(17-18)11(19)16-5-2-6(12)9(14)7(13)3-5/h2-4H,15H2,1H3,(H,16,19). The number of nitrogens with zero attached hydrogens (tertiary/aromatic N) is 2. The number of nitrogens with two attached hydrogens (primary N) is 1. The van der Waals surface area contributed by atoms with E-state index in [-0.39, 0.29) is 27.1 Å². The van der Waals surface area contributed by atoms with Gasteiger partial charge in [-0.25, -0.2) is 4.39 Å². The third kappa shape index (κ3) is 2.80. The smallest absolute Gasteiger partial charge is 0.278 e.